The highest BCUT2D eigenvalue weighted by Gasteiger charge is 2.28. The third kappa shape index (κ3) is 4.42. The number of benzene rings is 1. The van der Waals surface area contributed by atoms with Crippen molar-refractivity contribution in [2.75, 3.05) is 13.1 Å². The zero-order chi connectivity index (χ0) is 18.5. The summed E-state index contributed by atoms with van der Waals surface area (Å²) < 4.78 is 0. The molecule has 2 heterocycles. The minimum atomic E-state index is -0.819. The number of amides is 2. The number of hydrogen-bond donors (Lipinski definition) is 1. The number of hydrogen-bond acceptors (Lipinski definition) is 3. The number of carbonyl (C=O) groups excluding carboxylic acids is 2. The van der Waals surface area contributed by atoms with Crippen LogP contribution < -0.4 is 0 Å². The van der Waals surface area contributed by atoms with Crippen LogP contribution >= 0.6 is 0 Å². The predicted molar refractivity (Wildman–Crippen MR) is 96.6 cm³/mol. The highest BCUT2D eigenvalue weighted by molar-refractivity contribution is 5.94. The zero-order valence-electron chi connectivity index (χ0n) is 15.0. The van der Waals surface area contributed by atoms with Gasteiger partial charge < -0.3 is 14.9 Å². The maximum absolute atomic E-state index is 13.0. The number of carbonyl (C=O) groups is 3. The van der Waals surface area contributed by atoms with Gasteiger partial charge in [0.15, 0.2) is 0 Å². The lowest BCUT2D eigenvalue weighted by molar-refractivity contribution is -0.137. The van der Waals surface area contributed by atoms with Gasteiger partial charge in [-0.15, -0.1) is 0 Å². The van der Waals surface area contributed by atoms with Crippen molar-refractivity contribution in [2.45, 2.75) is 57.5 Å². The maximum Gasteiger partial charge on any atom is 0.303 e. The van der Waals surface area contributed by atoms with E-state index in [-0.39, 0.29) is 24.3 Å². The van der Waals surface area contributed by atoms with Gasteiger partial charge in [-0.2, -0.15) is 0 Å². The van der Waals surface area contributed by atoms with E-state index < -0.39 is 5.97 Å². The third-order valence-corrected chi connectivity index (χ3v) is 5.30. The lowest BCUT2D eigenvalue weighted by Crippen LogP contribution is -2.44. The molecule has 26 heavy (non-hydrogen) atoms. The van der Waals surface area contributed by atoms with Gasteiger partial charge in [0.05, 0.1) is 0 Å². The molecule has 0 spiro atoms. The number of piperidine rings is 1. The molecular weight excluding hydrogens is 332 g/mol. The van der Waals surface area contributed by atoms with Crippen LogP contribution in [0, 0.1) is 0 Å². The highest BCUT2D eigenvalue weighted by Crippen LogP contribution is 2.24. The van der Waals surface area contributed by atoms with E-state index in [2.05, 4.69) is 0 Å². The molecule has 2 saturated heterocycles. The average Bonchev–Trinajstić information content (AvgIpc) is 3.04. The largest absolute Gasteiger partial charge is 0.481 e. The van der Waals surface area contributed by atoms with Gasteiger partial charge in [-0.1, -0.05) is 12.1 Å². The fraction of sp³-hybridized carbons (Fsp3) is 0.550. The summed E-state index contributed by atoms with van der Waals surface area (Å²) in [4.78, 5) is 39.4. The summed E-state index contributed by atoms with van der Waals surface area (Å²) in [5.41, 5.74) is 1.58. The summed E-state index contributed by atoms with van der Waals surface area (Å²) in [5, 5.41) is 8.94. The van der Waals surface area contributed by atoms with E-state index in [1.165, 1.54) is 0 Å². The summed E-state index contributed by atoms with van der Waals surface area (Å²) in [6, 6.07) is 7.48. The first-order valence-corrected chi connectivity index (χ1v) is 9.44. The Balaban J connectivity index is 1.70. The lowest BCUT2D eigenvalue weighted by Gasteiger charge is -2.36. The van der Waals surface area contributed by atoms with Gasteiger partial charge in [0.25, 0.3) is 5.91 Å². The maximum atomic E-state index is 13.0. The number of carboxylic acids is 1. The van der Waals surface area contributed by atoms with Crippen LogP contribution in [0.15, 0.2) is 24.3 Å². The van der Waals surface area contributed by atoms with E-state index in [0.29, 0.717) is 31.5 Å². The molecule has 1 aromatic rings. The molecule has 3 rings (SSSR count). The first-order chi connectivity index (χ1) is 12.5. The molecule has 0 radical (unpaired) electrons. The third-order valence-electron chi connectivity index (χ3n) is 5.30. The van der Waals surface area contributed by atoms with E-state index in [1.54, 1.807) is 6.07 Å². The number of aliphatic carboxylic acids is 1. The molecule has 6 nitrogen and oxygen atoms in total. The van der Waals surface area contributed by atoms with E-state index in [4.69, 9.17) is 5.11 Å². The van der Waals surface area contributed by atoms with Crippen LogP contribution in [0.3, 0.4) is 0 Å². The molecule has 0 bridgehead atoms. The van der Waals surface area contributed by atoms with Crippen molar-refractivity contribution in [3.05, 3.63) is 35.4 Å². The Morgan fingerprint density at radius 2 is 2.00 bits per heavy atom. The first kappa shape index (κ1) is 18.4. The van der Waals surface area contributed by atoms with E-state index >= 15 is 0 Å². The molecule has 1 N–H and O–H groups in total. The van der Waals surface area contributed by atoms with Crippen molar-refractivity contribution < 1.29 is 19.5 Å². The number of nitrogens with zero attached hydrogens (tertiary/aromatic N) is 2. The molecule has 1 atom stereocenters. The topological polar surface area (TPSA) is 77.9 Å². The summed E-state index contributed by atoms with van der Waals surface area (Å²) >= 11 is 0. The van der Waals surface area contributed by atoms with Crippen molar-refractivity contribution in [1.82, 2.24) is 9.80 Å². The monoisotopic (exact) mass is 358 g/mol. The molecule has 0 aliphatic carbocycles. The highest BCUT2D eigenvalue weighted by atomic mass is 16.4. The fourth-order valence-electron chi connectivity index (χ4n) is 3.92. The second-order valence-electron chi connectivity index (χ2n) is 7.20. The van der Waals surface area contributed by atoms with Crippen molar-refractivity contribution >= 4 is 17.8 Å². The molecule has 1 unspecified atom stereocenters. The lowest BCUT2D eigenvalue weighted by atomic mass is 9.96. The zero-order valence-corrected chi connectivity index (χ0v) is 15.0. The molecular formula is C20H26N2O4. The summed E-state index contributed by atoms with van der Waals surface area (Å²) in [6.45, 7) is 2.00. The number of likely N-dealkylation sites (tertiary alicyclic amines) is 2. The predicted octanol–water partition coefficient (Wildman–Crippen LogP) is 2.67. The summed E-state index contributed by atoms with van der Waals surface area (Å²) in [5.74, 6) is -0.679. The molecule has 2 aliphatic heterocycles. The quantitative estimate of drug-likeness (QED) is 0.848. The number of rotatable bonds is 6. The van der Waals surface area contributed by atoms with Crippen LogP contribution in [0.5, 0.6) is 0 Å². The van der Waals surface area contributed by atoms with Crippen LogP contribution in [0.4, 0.5) is 0 Å². The van der Waals surface area contributed by atoms with Crippen LogP contribution in [0.2, 0.25) is 0 Å². The Morgan fingerprint density at radius 3 is 2.73 bits per heavy atom. The normalized spacial score (nSPS) is 20.5. The van der Waals surface area contributed by atoms with Gasteiger partial charge >= 0.3 is 5.97 Å². The van der Waals surface area contributed by atoms with Crippen LogP contribution in [-0.4, -0.2) is 51.8 Å². The van der Waals surface area contributed by atoms with Crippen molar-refractivity contribution in [1.29, 1.82) is 0 Å². The van der Waals surface area contributed by atoms with E-state index in [0.717, 1.165) is 37.8 Å². The van der Waals surface area contributed by atoms with Gasteiger partial charge in [-0.25, -0.2) is 0 Å². The molecule has 2 fully saturated rings. The SMILES string of the molecule is O=C(O)CCC1CCCCN1C(=O)c1cccc(CN2CCCC2=O)c1. The van der Waals surface area contributed by atoms with Gasteiger partial charge in [0.2, 0.25) is 5.91 Å². The minimum Gasteiger partial charge on any atom is -0.481 e. The Hall–Kier alpha value is -2.37. The van der Waals surface area contributed by atoms with Gasteiger partial charge in [0, 0.05) is 44.1 Å². The summed E-state index contributed by atoms with van der Waals surface area (Å²) in [6.07, 6.45) is 4.95. The van der Waals surface area contributed by atoms with Crippen LogP contribution in [0.1, 0.15) is 60.9 Å². The summed E-state index contributed by atoms with van der Waals surface area (Å²) in [7, 11) is 0. The molecule has 6 heteroatoms. The van der Waals surface area contributed by atoms with Crippen LogP contribution in [0.25, 0.3) is 0 Å². The Labute approximate surface area is 153 Å². The van der Waals surface area contributed by atoms with E-state index in [9.17, 15) is 14.4 Å². The molecule has 2 aliphatic rings. The molecule has 1 aromatic carbocycles. The molecule has 140 valence electrons. The van der Waals surface area contributed by atoms with Crippen molar-refractivity contribution in [3.8, 4) is 0 Å². The molecule has 0 aromatic heterocycles. The average molecular weight is 358 g/mol. The first-order valence-electron chi connectivity index (χ1n) is 9.44. The van der Waals surface area contributed by atoms with Gasteiger partial charge in [-0.05, 0) is 49.8 Å². The van der Waals surface area contributed by atoms with Crippen LogP contribution in [-0.2, 0) is 16.1 Å². The Morgan fingerprint density at radius 1 is 1.15 bits per heavy atom. The standard InChI is InChI=1S/C20H26N2O4/c23-18-8-4-11-21(18)14-15-5-3-6-16(13-15)20(26)22-12-2-1-7-17(22)9-10-19(24)25/h3,5-6,13,17H,1-2,4,7-12,14H2,(H,24,25). The Kier molecular flexibility index (Phi) is 5.91. The van der Waals surface area contributed by atoms with E-state index in [1.807, 2.05) is 28.0 Å². The van der Waals surface area contributed by atoms with Crippen molar-refractivity contribution in [2.24, 2.45) is 0 Å². The molecule has 2 amide bonds. The van der Waals surface area contributed by atoms with Gasteiger partial charge in [-0.3, -0.25) is 14.4 Å². The second kappa shape index (κ2) is 8.34. The fourth-order valence-corrected chi connectivity index (χ4v) is 3.92. The number of carboxylic acid groups (broad SMARTS) is 1. The second-order valence-corrected chi connectivity index (χ2v) is 7.20. The van der Waals surface area contributed by atoms with Gasteiger partial charge in [0.1, 0.15) is 0 Å². The smallest absolute Gasteiger partial charge is 0.303 e. The molecule has 0 saturated carbocycles. The minimum absolute atomic E-state index is 0.00355. The van der Waals surface area contributed by atoms with Crippen molar-refractivity contribution in [3.63, 3.8) is 0 Å². The Bertz CT molecular complexity index is 688.